The van der Waals surface area contributed by atoms with Gasteiger partial charge in [0.25, 0.3) is 0 Å². The number of rotatable bonds is 1. The third-order valence-corrected chi connectivity index (χ3v) is 1.78. The largest absolute Gasteiger partial charge is 0.387 e. The molecule has 0 spiro atoms. The number of amidine groups is 1. The number of nitrogens with one attached hydrogen (secondary N) is 1. The third kappa shape index (κ3) is 1.21. The summed E-state index contributed by atoms with van der Waals surface area (Å²) >= 11 is 0. The lowest BCUT2D eigenvalue weighted by Gasteiger charge is -2.10. The summed E-state index contributed by atoms with van der Waals surface area (Å²) in [5, 5.41) is 7.12. The normalized spacial score (nSPS) is 34.8. The van der Waals surface area contributed by atoms with Gasteiger partial charge in [0, 0.05) is 12.5 Å². The zero-order chi connectivity index (χ0) is 6.85. The van der Waals surface area contributed by atoms with Gasteiger partial charge in [0.15, 0.2) is 0 Å². The fourth-order valence-electron chi connectivity index (χ4n) is 1.14. The van der Waals surface area contributed by atoms with Gasteiger partial charge in [-0.25, -0.2) is 0 Å². The third-order valence-electron chi connectivity index (χ3n) is 1.78. The first-order chi connectivity index (χ1) is 4.22. The highest BCUT2D eigenvalue weighted by Gasteiger charge is 2.26. The van der Waals surface area contributed by atoms with Crippen molar-refractivity contribution in [1.82, 2.24) is 0 Å². The Morgan fingerprint density at radius 3 is 2.67 bits per heavy atom. The average Bonchev–Trinajstić information content (AvgIpc) is 2.13. The maximum atomic E-state index is 7.12. The second-order valence-electron chi connectivity index (χ2n) is 2.43. The maximum Gasteiger partial charge on any atom is 0.0964 e. The molecule has 1 aliphatic rings. The van der Waals surface area contributed by atoms with E-state index >= 15 is 0 Å². The molecule has 3 heteroatoms. The molecule has 0 bridgehead atoms. The zero-order valence-electron chi connectivity index (χ0n) is 5.55. The second kappa shape index (κ2) is 2.35. The molecular formula is C6H12N2O. The topological polar surface area (TPSA) is 59.1 Å². The van der Waals surface area contributed by atoms with Crippen molar-refractivity contribution >= 4 is 5.84 Å². The monoisotopic (exact) mass is 128 g/mol. The molecule has 1 rings (SSSR count). The molecule has 0 aromatic carbocycles. The van der Waals surface area contributed by atoms with Crippen LogP contribution in [0.1, 0.15) is 13.3 Å². The molecule has 3 N–H and O–H groups in total. The molecule has 2 atom stereocenters. The molecule has 1 fully saturated rings. The van der Waals surface area contributed by atoms with Gasteiger partial charge in [0.2, 0.25) is 0 Å². The summed E-state index contributed by atoms with van der Waals surface area (Å²) in [5.41, 5.74) is 5.29. The van der Waals surface area contributed by atoms with Gasteiger partial charge < -0.3 is 10.5 Å². The number of nitrogens with two attached hydrogens (primary N) is 1. The predicted octanol–water partition coefficient (Wildman–Crippen LogP) is 0.347. The first-order valence-electron chi connectivity index (χ1n) is 3.17. The van der Waals surface area contributed by atoms with Crippen molar-refractivity contribution < 1.29 is 4.74 Å². The second-order valence-corrected chi connectivity index (χ2v) is 2.43. The molecule has 0 radical (unpaired) electrons. The highest BCUT2D eigenvalue weighted by molar-refractivity contribution is 5.80. The Morgan fingerprint density at radius 1 is 1.78 bits per heavy atom. The fraction of sp³-hybridized carbons (Fsp3) is 0.833. The molecule has 1 saturated heterocycles. The van der Waals surface area contributed by atoms with E-state index in [1.807, 2.05) is 6.92 Å². The van der Waals surface area contributed by atoms with Crippen molar-refractivity contribution in [2.45, 2.75) is 19.4 Å². The van der Waals surface area contributed by atoms with Gasteiger partial charge in [-0.15, -0.1) is 0 Å². The SMILES string of the molecule is CC1OCCC1C(=N)N. The molecule has 0 aromatic heterocycles. The van der Waals surface area contributed by atoms with Gasteiger partial charge in [0.05, 0.1) is 11.9 Å². The number of hydrogen-bond donors (Lipinski definition) is 2. The van der Waals surface area contributed by atoms with Crippen LogP contribution in [0.25, 0.3) is 0 Å². The Hall–Kier alpha value is -0.570. The van der Waals surface area contributed by atoms with Gasteiger partial charge in [-0.3, -0.25) is 5.41 Å². The van der Waals surface area contributed by atoms with E-state index in [1.165, 1.54) is 0 Å². The summed E-state index contributed by atoms with van der Waals surface area (Å²) in [6.45, 7) is 2.71. The van der Waals surface area contributed by atoms with Gasteiger partial charge in [0.1, 0.15) is 0 Å². The molecule has 0 aliphatic carbocycles. The summed E-state index contributed by atoms with van der Waals surface area (Å²) in [7, 11) is 0. The lowest BCUT2D eigenvalue weighted by Crippen LogP contribution is -2.27. The molecule has 0 saturated carbocycles. The fourth-order valence-corrected chi connectivity index (χ4v) is 1.14. The molecule has 2 unspecified atom stereocenters. The van der Waals surface area contributed by atoms with E-state index in [-0.39, 0.29) is 17.9 Å². The van der Waals surface area contributed by atoms with Crippen LogP contribution in [0.4, 0.5) is 0 Å². The minimum Gasteiger partial charge on any atom is -0.387 e. The maximum absolute atomic E-state index is 7.12. The molecule has 52 valence electrons. The van der Waals surface area contributed by atoms with Crippen molar-refractivity contribution in [2.75, 3.05) is 6.61 Å². The summed E-state index contributed by atoms with van der Waals surface area (Å²) in [4.78, 5) is 0. The summed E-state index contributed by atoms with van der Waals surface area (Å²) < 4.78 is 5.21. The standard InChI is InChI=1S/C6H12N2O/c1-4-5(6(7)8)2-3-9-4/h4-5H,2-3H2,1H3,(H3,7,8). The molecule has 1 aliphatic heterocycles. The van der Waals surface area contributed by atoms with Gasteiger partial charge in [-0.1, -0.05) is 0 Å². The average molecular weight is 128 g/mol. The Bertz CT molecular complexity index is 124. The van der Waals surface area contributed by atoms with Crippen LogP contribution in [-0.4, -0.2) is 18.5 Å². The minimum atomic E-state index is 0.155. The van der Waals surface area contributed by atoms with Crippen LogP contribution in [0, 0.1) is 11.3 Å². The van der Waals surface area contributed by atoms with Crippen molar-refractivity contribution in [3.8, 4) is 0 Å². The van der Waals surface area contributed by atoms with E-state index < -0.39 is 0 Å². The van der Waals surface area contributed by atoms with Crippen LogP contribution < -0.4 is 5.73 Å². The molecular weight excluding hydrogens is 116 g/mol. The van der Waals surface area contributed by atoms with Crippen LogP contribution in [0.15, 0.2) is 0 Å². The van der Waals surface area contributed by atoms with Gasteiger partial charge >= 0.3 is 0 Å². The quantitative estimate of drug-likeness (QED) is 0.395. The molecule has 0 amide bonds. The smallest absolute Gasteiger partial charge is 0.0964 e. The Labute approximate surface area is 54.7 Å². The van der Waals surface area contributed by atoms with Gasteiger partial charge in [-0.05, 0) is 13.3 Å². The van der Waals surface area contributed by atoms with E-state index in [4.69, 9.17) is 15.9 Å². The summed E-state index contributed by atoms with van der Waals surface area (Å²) in [5.74, 6) is 0.435. The van der Waals surface area contributed by atoms with Crippen LogP contribution in [0.3, 0.4) is 0 Å². The van der Waals surface area contributed by atoms with E-state index in [0.29, 0.717) is 0 Å². The van der Waals surface area contributed by atoms with Crippen LogP contribution >= 0.6 is 0 Å². The first kappa shape index (κ1) is 6.55. The Morgan fingerprint density at radius 2 is 2.44 bits per heavy atom. The van der Waals surface area contributed by atoms with E-state index in [0.717, 1.165) is 13.0 Å². The molecule has 9 heavy (non-hydrogen) atoms. The van der Waals surface area contributed by atoms with Crippen molar-refractivity contribution in [3.05, 3.63) is 0 Å². The van der Waals surface area contributed by atoms with Crippen LogP contribution in [-0.2, 0) is 4.74 Å². The highest BCUT2D eigenvalue weighted by atomic mass is 16.5. The predicted molar refractivity (Wildman–Crippen MR) is 35.4 cm³/mol. The zero-order valence-corrected chi connectivity index (χ0v) is 5.55. The van der Waals surface area contributed by atoms with Gasteiger partial charge in [-0.2, -0.15) is 0 Å². The van der Waals surface area contributed by atoms with Crippen molar-refractivity contribution in [1.29, 1.82) is 5.41 Å². The Kier molecular flexibility index (Phi) is 1.71. The van der Waals surface area contributed by atoms with E-state index in [9.17, 15) is 0 Å². The van der Waals surface area contributed by atoms with E-state index in [2.05, 4.69) is 0 Å². The molecule has 1 heterocycles. The van der Waals surface area contributed by atoms with Crippen LogP contribution in [0.5, 0.6) is 0 Å². The molecule has 0 aromatic rings. The Balaban J connectivity index is 2.49. The highest BCUT2D eigenvalue weighted by Crippen LogP contribution is 2.19. The lowest BCUT2D eigenvalue weighted by atomic mass is 10.0. The summed E-state index contributed by atoms with van der Waals surface area (Å²) in [6, 6.07) is 0. The van der Waals surface area contributed by atoms with E-state index in [1.54, 1.807) is 0 Å². The molecule has 3 nitrogen and oxygen atoms in total. The number of ether oxygens (including phenoxy) is 1. The van der Waals surface area contributed by atoms with Crippen molar-refractivity contribution in [2.24, 2.45) is 11.7 Å². The van der Waals surface area contributed by atoms with Crippen molar-refractivity contribution in [3.63, 3.8) is 0 Å². The first-order valence-corrected chi connectivity index (χ1v) is 3.17. The minimum absolute atomic E-state index is 0.155. The van der Waals surface area contributed by atoms with Crippen LogP contribution in [0.2, 0.25) is 0 Å². The number of hydrogen-bond acceptors (Lipinski definition) is 2. The lowest BCUT2D eigenvalue weighted by molar-refractivity contribution is 0.116. The summed E-state index contributed by atoms with van der Waals surface area (Å²) in [6.07, 6.45) is 1.07.